The van der Waals surface area contributed by atoms with Crippen molar-refractivity contribution in [3.8, 4) is 47.2 Å². The van der Waals surface area contributed by atoms with E-state index >= 15 is 4.39 Å². The molecule has 13 nitrogen and oxygen atoms in total. The van der Waals surface area contributed by atoms with E-state index in [1.54, 1.807) is 6.07 Å². The quantitative estimate of drug-likeness (QED) is 0.148. The number of nitrogens with one attached hydrogen (secondary N) is 2. The van der Waals surface area contributed by atoms with Crippen molar-refractivity contribution in [2.45, 2.75) is 63.2 Å². The van der Waals surface area contributed by atoms with Crippen LogP contribution in [-0.2, 0) is 16.1 Å². The molecule has 1 aliphatic carbocycles. The van der Waals surface area contributed by atoms with E-state index in [1.165, 1.54) is 35.4 Å². The number of carbonyl (C=O) groups is 3. The number of benzene rings is 3. The number of phenolic OH excluding ortho intramolecular Hbond substituents is 1. The monoisotopic (exact) mass is 848 g/mol. The Hall–Kier alpha value is -6.68. The number of anilines is 1. The molecule has 63 heavy (non-hydrogen) atoms. The standard InChI is InChI=1S/C48H42F2N8O5/c1-2-33-37(49)10-6-28-16-32(59)17-35(40(28)33)42-41(50)43-36(18-51-42)44(57-22-30-7-8-31(23-57)52-30)55-47(54-43)63-25-48(13-14-48)24-56-19-27(20-56)4-3-26-5-9-34-29(15-26)21-58(46(34)62)38-11-12-39(60)53-45(38)61/h1,5-6,9-10,15-18,27,30-31,38,52,59H,7-8,11-14,19-25H2,(H,53,60,61)/t30-,31+,38?. The molecule has 7 heterocycles. The van der Waals surface area contributed by atoms with Gasteiger partial charge in [0.2, 0.25) is 11.8 Å². The molecular formula is C48H42F2N8O5. The number of hydrogen-bond acceptors (Lipinski definition) is 11. The van der Waals surface area contributed by atoms with Crippen LogP contribution < -0.4 is 20.3 Å². The van der Waals surface area contributed by atoms with Gasteiger partial charge in [-0.3, -0.25) is 24.7 Å². The van der Waals surface area contributed by atoms with E-state index < -0.39 is 23.6 Å². The second-order valence-electron chi connectivity index (χ2n) is 17.9. The number of rotatable bonds is 8. The van der Waals surface area contributed by atoms with Crippen LogP contribution in [0.5, 0.6) is 11.8 Å². The lowest BCUT2D eigenvalue weighted by Crippen LogP contribution is -2.52. The van der Waals surface area contributed by atoms with Crippen molar-refractivity contribution in [1.29, 1.82) is 0 Å². The Labute approximate surface area is 361 Å². The fourth-order valence-electron chi connectivity index (χ4n) is 10.1. The predicted molar refractivity (Wildman–Crippen MR) is 228 cm³/mol. The van der Waals surface area contributed by atoms with Crippen molar-refractivity contribution < 1.29 is 33.0 Å². The first-order valence-electron chi connectivity index (χ1n) is 21.5. The summed E-state index contributed by atoms with van der Waals surface area (Å²) in [4.78, 5) is 57.3. The number of amides is 3. The molecule has 5 fully saturated rings. The maximum absolute atomic E-state index is 17.0. The molecule has 318 valence electrons. The Morgan fingerprint density at radius 1 is 0.968 bits per heavy atom. The number of phenols is 1. The van der Waals surface area contributed by atoms with Gasteiger partial charge in [-0.25, -0.2) is 8.78 Å². The Morgan fingerprint density at radius 2 is 1.78 bits per heavy atom. The average Bonchev–Trinajstić information content (AvgIpc) is 3.84. The van der Waals surface area contributed by atoms with Gasteiger partial charge in [0.15, 0.2) is 5.82 Å². The number of fused-ring (bicyclic) bond motifs is 5. The van der Waals surface area contributed by atoms with Gasteiger partial charge in [0.1, 0.15) is 34.6 Å². The summed E-state index contributed by atoms with van der Waals surface area (Å²) in [7, 11) is 0. The van der Waals surface area contributed by atoms with Crippen LogP contribution in [0.3, 0.4) is 0 Å². The van der Waals surface area contributed by atoms with E-state index in [4.69, 9.17) is 16.1 Å². The number of halogens is 2. The van der Waals surface area contributed by atoms with E-state index in [1.807, 2.05) is 12.1 Å². The minimum atomic E-state index is -0.755. The van der Waals surface area contributed by atoms with Crippen LogP contribution in [0.25, 0.3) is 32.9 Å². The highest BCUT2D eigenvalue weighted by Gasteiger charge is 2.47. The van der Waals surface area contributed by atoms with Gasteiger partial charge < -0.3 is 29.9 Å². The molecule has 2 bridgehead atoms. The van der Waals surface area contributed by atoms with Crippen LogP contribution in [-0.4, -0.2) is 105 Å². The van der Waals surface area contributed by atoms with E-state index in [9.17, 15) is 23.9 Å². The van der Waals surface area contributed by atoms with E-state index in [0.717, 1.165) is 56.4 Å². The Balaban J connectivity index is 0.800. The summed E-state index contributed by atoms with van der Waals surface area (Å²) in [6, 6.07) is 11.0. The molecule has 11 rings (SSSR count). The minimum Gasteiger partial charge on any atom is -0.508 e. The third-order valence-electron chi connectivity index (χ3n) is 13.5. The number of piperazine rings is 1. The summed E-state index contributed by atoms with van der Waals surface area (Å²) in [6.07, 6.45) is 11.8. The number of likely N-dealkylation sites (tertiary alicyclic amines) is 1. The SMILES string of the molecule is C#Cc1c(F)ccc2cc(O)cc(-c3ncc4c(N5C[C@H]6CC[C@@H](C5)N6)nc(OCC5(CN6CC(C#Cc7ccc8c(c7)CN(C7CCC(=O)NC7=O)C8=O)C6)CC5)nc4c3F)c12. The number of piperidine rings is 1. The van der Waals surface area contributed by atoms with E-state index in [0.29, 0.717) is 54.8 Å². The Kier molecular flexibility index (Phi) is 9.33. The number of nitrogens with zero attached hydrogens (tertiary/aromatic N) is 6. The first kappa shape index (κ1) is 39.2. The van der Waals surface area contributed by atoms with E-state index in [-0.39, 0.29) is 81.1 Å². The van der Waals surface area contributed by atoms with Gasteiger partial charge in [-0.1, -0.05) is 23.8 Å². The van der Waals surface area contributed by atoms with Crippen LogP contribution in [0, 0.1) is 47.2 Å². The van der Waals surface area contributed by atoms with Crippen molar-refractivity contribution in [3.05, 3.63) is 82.5 Å². The third-order valence-corrected chi connectivity index (χ3v) is 13.5. The number of terminal acetylenes is 1. The molecule has 5 aliphatic heterocycles. The lowest BCUT2D eigenvalue weighted by Gasteiger charge is -2.38. The average molecular weight is 849 g/mol. The number of ether oxygens (including phenoxy) is 1. The summed E-state index contributed by atoms with van der Waals surface area (Å²) in [6.45, 7) is 4.45. The predicted octanol–water partition coefficient (Wildman–Crippen LogP) is 4.65. The summed E-state index contributed by atoms with van der Waals surface area (Å²) < 4.78 is 38.4. The van der Waals surface area contributed by atoms with Crippen molar-refractivity contribution >= 4 is 45.2 Å². The molecule has 1 saturated carbocycles. The number of aromatic hydroxyl groups is 1. The summed E-state index contributed by atoms with van der Waals surface area (Å²) >= 11 is 0. The van der Waals surface area contributed by atoms with Gasteiger partial charge in [0.25, 0.3) is 5.91 Å². The highest BCUT2D eigenvalue weighted by molar-refractivity contribution is 6.06. The van der Waals surface area contributed by atoms with Gasteiger partial charge in [-0.05, 0) is 79.5 Å². The lowest BCUT2D eigenvalue weighted by molar-refractivity contribution is -0.136. The zero-order chi connectivity index (χ0) is 43.1. The topological polar surface area (TPSA) is 153 Å². The van der Waals surface area contributed by atoms with Gasteiger partial charge in [0.05, 0.1) is 17.6 Å². The molecule has 15 heteroatoms. The Morgan fingerprint density at radius 3 is 2.54 bits per heavy atom. The second kappa shape index (κ2) is 15.0. The first-order chi connectivity index (χ1) is 30.5. The zero-order valence-electron chi connectivity index (χ0n) is 34.2. The van der Waals surface area contributed by atoms with Crippen molar-refractivity contribution in [2.75, 3.05) is 44.2 Å². The van der Waals surface area contributed by atoms with Crippen molar-refractivity contribution in [1.82, 2.24) is 35.4 Å². The van der Waals surface area contributed by atoms with Crippen LogP contribution in [0.4, 0.5) is 14.6 Å². The summed E-state index contributed by atoms with van der Waals surface area (Å²) in [5.74, 6) is 7.30. The first-order valence-corrected chi connectivity index (χ1v) is 21.5. The number of imide groups is 1. The number of hydrogen-bond donors (Lipinski definition) is 3. The maximum atomic E-state index is 17.0. The highest BCUT2D eigenvalue weighted by Crippen LogP contribution is 2.48. The van der Waals surface area contributed by atoms with Crippen LogP contribution in [0.2, 0.25) is 0 Å². The molecule has 3 amide bonds. The van der Waals surface area contributed by atoms with Crippen LogP contribution in [0.1, 0.15) is 65.6 Å². The second-order valence-corrected chi connectivity index (χ2v) is 17.9. The summed E-state index contributed by atoms with van der Waals surface area (Å²) in [5.41, 5.74) is 2.06. The van der Waals surface area contributed by atoms with Gasteiger partial charge in [0, 0.05) is 97.4 Å². The maximum Gasteiger partial charge on any atom is 0.319 e. The third kappa shape index (κ3) is 7.05. The zero-order valence-corrected chi connectivity index (χ0v) is 34.2. The van der Waals surface area contributed by atoms with Gasteiger partial charge in [-0.15, -0.1) is 6.42 Å². The normalized spacial score (nSPS) is 22.7. The lowest BCUT2D eigenvalue weighted by atomic mass is 9.96. The highest BCUT2D eigenvalue weighted by atomic mass is 19.1. The Bertz CT molecular complexity index is 2900. The van der Waals surface area contributed by atoms with E-state index in [2.05, 4.69) is 48.2 Å². The number of carbonyl (C=O) groups excluding carboxylic acids is 3. The number of aromatic nitrogens is 3. The van der Waals surface area contributed by atoms with Crippen LogP contribution in [0.15, 0.2) is 48.7 Å². The minimum absolute atomic E-state index is 0.0108. The summed E-state index contributed by atoms with van der Waals surface area (Å²) in [5, 5.41) is 17.8. The molecule has 4 saturated heterocycles. The van der Waals surface area contributed by atoms with Crippen molar-refractivity contribution in [3.63, 3.8) is 0 Å². The molecule has 0 radical (unpaired) electrons. The molecule has 1 unspecified atom stereocenters. The molecule has 0 spiro atoms. The fourth-order valence-corrected chi connectivity index (χ4v) is 10.1. The molecule has 3 atom stereocenters. The number of pyridine rings is 1. The smallest absolute Gasteiger partial charge is 0.319 e. The molecule has 3 N–H and O–H groups in total. The molecule has 6 aliphatic rings. The molecule has 2 aromatic heterocycles. The molecular weight excluding hydrogens is 807 g/mol. The largest absolute Gasteiger partial charge is 0.508 e. The molecule has 3 aromatic carbocycles. The van der Waals surface area contributed by atoms with Gasteiger partial charge in [-0.2, -0.15) is 9.97 Å². The van der Waals surface area contributed by atoms with Gasteiger partial charge >= 0.3 is 6.01 Å². The molecule has 5 aromatic rings. The fraction of sp³-hybridized carbons (Fsp3) is 0.375. The van der Waals surface area contributed by atoms with Crippen molar-refractivity contribution in [2.24, 2.45) is 11.3 Å². The van der Waals surface area contributed by atoms with Crippen LogP contribution >= 0.6 is 0 Å².